The van der Waals surface area contributed by atoms with Crippen LogP contribution in [0.2, 0.25) is 0 Å². The van der Waals surface area contributed by atoms with Gasteiger partial charge in [-0.3, -0.25) is 0 Å². The van der Waals surface area contributed by atoms with Gasteiger partial charge in [0.05, 0.1) is 42.8 Å². The van der Waals surface area contributed by atoms with Gasteiger partial charge in [0.2, 0.25) is 0 Å². The van der Waals surface area contributed by atoms with Crippen LogP contribution >= 0.6 is 11.8 Å². The summed E-state index contributed by atoms with van der Waals surface area (Å²) in [7, 11) is 0. The number of hydrogen-bond donors (Lipinski definition) is 1. The molecule has 2 aromatic rings. The first-order valence-electron chi connectivity index (χ1n) is 9.18. The number of anilines is 2. The van der Waals surface area contributed by atoms with Gasteiger partial charge in [-0.2, -0.15) is 5.26 Å². The standard InChI is InChI=1S/C19H23N5O2S/c1-12-13(2)26-19(22-12)27-11-14-7-17(8-18(23-14)21-6-5-20)24-15-3-4-16(24)10-25-9-15/h7-8,15-16H,3-4,6,9-11H2,1-2H3,(H,21,23). The van der Waals surface area contributed by atoms with Crippen LogP contribution in [0, 0.1) is 25.2 Å². The number of hydrogen-bond acceptors (Lipinski definition) is 8. The summed E-state index contributed by atoms with van der Waals surface area (Å²) < 4.78 is 11.4. The third kappa shape index (κ3) is 3.89. The van der Waals surface area contributed by atoms with E-state index in [0.29, 0.717) is 23.1 Å². The largest absolute Gasteiger partial charge is 0.437 e. The highest BCUT2D eigenvalue weighted by Gasteiger charge is 2.37. The van der Waals surface area contributed by atoms with Crippen molar-refractivity contribution in [1.29, 1.82) is 5.26 Å². The minimum absolute atomic E-state index is 0.233. The molecule has 2 aromatic heterocycles. The van der Waals surface area contributed by atoms with Crippen LogP contribution in [-0.4, -0.2) is 41.8 Å². The molecule has 2 bridgehead atoms. The van der Waals surface area contributed by atoms with E-state index in [1.54, 1.807) is 0 Å². The van der Waals surface area contributed by atoms with Crippen LogP contribution in [0.1, 0.15) is 30.0 Å². The molecule has 0 spiro atoms. The van der Waals surface area contributed by atoms with Gasteiger partial charge >= 0.3 is 0 Å². The second kappa shape index (κ2) is 7.79. The highest BCUT2D eigenvalue weighted by atomic mass is 32.2. The van der Waals surface area contributed by atoms with Gasteiger partial charge in [0, 0.05) is 17.5 Å². The first-order chi connectivity index (χ1) is 13.1. The van der Waals surface area contributed by atoms with Gasteiger partial charge in [-0.15, -0.1) is 0 Å². The number of pyridine rings is 1. The van der Waals surface area contributed by atoms with Crippen LogP contribution in [0.25, 0.3) is 0 Å². The lowest BCUT2D eigenvalue weighted by Crippen LogP contribution is -2.46. The van der Waals surface area contributed by atoms with E-state index < -0.39 is 0 Å². The zero-order valence-electron chi connectivity index (χ0n) is 15.6. The van der Waals surface area contributed by atoms with Crippen LogP contribution in [0.15, 0.2) is 21.8 Å². The predicted octanol–water partition coefficient (Wildman–Crippen LogP) is 3.28. The first-order valence-corrected chi connectivity index (χ1v) is 10.2. The van der Waals surface area contributed by atoms with Crippen LogP contribution in [0.4, 0.5) is 11.5 Å². The molecule has 0 aromatic carbocycles. The van der Waals surface area contributed by atoms with Crippen molar-refractivity contribution in [2.24, 2.45) is 0 Å². The third-order valence-electron chi connectivity index (χ3n) is 5.10. The number of oxazole rings is 1. The summed E-state index contributed by atoms with van der Waals surface area (Å²) >= 11 is 1.54. The maximum Gasteiger partial charge on any atom is 0.256 e. The van der Waals surface area contributed by atoms with E-state index in [2.05, 4.69) is 32.3 Å². The summed E-state index contributed by atoms with van der Waals surface area (Å²) in [5.74, 6) is 2.24. The van der Waals surface area contributed by atoms with Crippen LogP contribution in [0.5, 0.6) is 0 Å². The Morgan fingerprint density at radius 3 is 2.70 bits per heavy atom. The van der Waals surface area contributed by atoms with Crippen molar-refractivity contribution in [1.82, 2.24) is 9.97 Å². The lowest BCUT2D eigenvalue weighted by Gasteiger charge is -2.37. The summed E-state index contributed by atoms with van der Waals surface area (Å²) in [5.41, 5.74) is 3.01. The maximum atomic E-state index is 8.90. The fourth-order valence-electron chi connectivity index (χ4n) is 3.71. The van der Waals surface area contributed by atoms with Crippen molar-refractivity contribution < 1.29 is 9.15 Å². The minimum Gasteiger partial charge on any atom is -0.437 e. The average Bonchev–Trinajstić information content (AvgIpc) is 3.12. The summed E-state index contributed by atoms with van der Waals surface area (Å²) in [6, 6.07) is 7.15. The molecule has 142 valence electrons. The van der Waals surface area contributed by atoms with Crippen molar-refractivity contribution in [3.63, 3.8) is 0 Å². The molecule has 2 fully saturated rings. The zero-order chi connectivity index (χ0) is 18.8. The molecule has 2 aliphatic rings. The Morgan fingerprint density at radius 1 is 1.26 bits per heavy atom. The van der Waals surface area contributed by atoms with Gasteiger partial charge < -0.3 is 19.4 Å². The number of aromatic nitrogens is 2. The molecule has 0 aliphatic carbocycles. The molecule has 27 heavy (non-hydrogen) atoms. The fourth-order valence-corrected chi connectivity index (χ4v) is 4.51. The summed E-state index contributed by atoms with van der Waals surface area (Å²) in [6.45, 7) is 5.65. The Morgan fingerprint density at radius 2 is 2.04 bits per heavy atom. The van der Waals surface area contributed by atoms with Gasteiger partial charge in [0.1, 0.15) is 18.1 Å². The minimum atomic E-state index is 0.233. The molecule has 0 radical (unpaired) electrons. The van der Waals surface area contributed by atoms with E-state index in [4.69, 9.17) is 14.4 Å². The molecule has 7 nitrogen and oxygen atoms in total. The third-order valence-corrected chi connectivity index (χ3v) is 5.96. The molecular formula is C19H23N5O2S. The lowest BCUT2D eigenvalue weighted by atomic mass is 10.2. The number of aryl methyl sites for hydroxylation is 2. The van der Waals surface area contributed by atoms with E-state index in [1.807, 2.05) is 19.9 Å². The number of nitrogens with one attached hydrogen (secondary N) is 1. The predicted molar refractivity (Wildman–Crippen MR) is 104 cm³/mol. The van der Waals surface area contributed by atoms with Gasteiger partial charge in [-0.1, -0.05) is 11.8 Å². The molecule has 2 atom stereocenters. The Balaban J connectivity index is 1.57. The normalized spacial score (nSPS) is 21.3. The molecule has 8 heteroatoms. The Labute approximate surface area is 163 Å². The first kappa shape index (κ1) is 18.1. The van der Waals surface area contributed by atoms with E-state index in [0.717, 1.165) is 54.7 Å². The van der Waals surface area contributed by atoms with Crippen molar-refractivity contribution in [3.8, 4) is 6.07 Å². The Hall–Kier alpha value is -2.24. The second-order valence-corrected chi connectivity index (χ2v) is 7.88. The lowest BCUT2D eigenvalue weighted by molar-refractivity contribution is 0.0906. The topological polar surface area (TPSA) is 87.2 Å². The molecule has 2 saturated heterocycles. The number of fused-ring (bicyclic) bond motifs is 2. The Bertz CT molecular complexity index is 827. The van der Waals surface area contributed by atoms with Gasteiger partial charge in [-0.25, -0.2) is 9.97 Å². The second-order valence-electron chi connectivity index (χ2n) is 6.95. The van der Waals surface area contributed by atoms with Crippen LogP contribution in [-0.2, 0) is 10.5 Å². The Kier molecular flexibility index (Phi) is 5.23. The van der Waals surface area contributed by atoms with Crippen LogP contribution in [0.3, 0.4) is 0 Å². The summed E-state index contributed by atoms with van der Waals surface area (Å²) in [5, 5.41) is 12.7. The quantitative estimate of drug-likeness (QED) is 0.599. The zero-order valence-corrected chi connectivity index (χ0v) is 16.4. The number of morpholine rings is 1. The number of nitriles is 1. The highest BCUT2D eigenvalue weighted by molar-refractivity contribution is 7.98. The number of nitrogens with zero attached hydrogens (tertiary/aromatic N) is 4. The molecule has 4 heterocycles. The van der Waals surface area contributed by atoms with Gasteiger partial charge in [-0.05, 0) is 32.8 Å². The molecule has 1 N–H and O–H groups in total. The van der Waals surface area contributed by atoms with Crippen molar-refractivity contribution in [2.45, 2.75) is 49.7 Å². The smallest absolute Gasteiger partial charge is 0.256 e. The maximum absolute atomic E-state index is 8.90. The highest BCUT2D eigenvalue weighted by Crippen LogP contribution is 2.36. The van der Waals surface area contributed by atoms with Gasteiger partial charge in [0.15, 0.2) is 0 Å². The van der Waals surface area contributed by atoms with Gasteiger partial charge in [0.25, 0.3) is 5.22 Å². The molecule has 4 rings (SSSR count). The van der Waals surface area contributed by atoms with E-state index in [-0.39, 0.29) is 6.54 Å². The molecule has 0 saturated carbocycles. The van der Waals surface area contributed by atoms with E-state index >= 15 is 0 Å². The molecule has 2 unspecified atom stereocenters. The molecule has 0 amide bonds. The molecular weight excluding hydrogens is 362 g/mol. The number of rotatable bonds is 6. The van der Waals surface area contributed by atoms with Crippen molar-refractivity contribution in [3.05, 3.63) is 29.3 Å². The average molecular weight is 385 g/mol. The van der Waals surface area contributed by atoms with Crippen molar-refractivity contribution in [2.75, 3.05) is 30.0 Å². The summed E-state index contributed by atoms with van der Waals surface area (Å²) in [4.78, 5) is 11.6. The number of ether oxygens (including phenoxy) is 1. The van der Waals surface area contributed by atoms with E-state index in [9.17, 15) is 0 Å². The van der Waals surface area contributed by atoms with E-state index in [1.165, 1.54) is 11.8 Å². The summed E-state index contributed by atoms with van der Waals surface area (Å²) in [6.07, 6.45) is 2.32. The number of thioether (sulfide) groups is 1. The fraction of sp³-hybridized carbons (Fsp3) is 0.526. The van der Waals surface area contributed by atoms with Crippen LogP contribution < -0.4 is 10.2 Å². The molecule has 2 aliphatic heterocycles. The van der Waals surface area contributed by atoms with Crippen molar-refractivity contribution >= 4 is 23.3 Å². The SMILES string of the molecule is Cc1nc(SCc2cc(N3C4CCC3COC4)cc(NCC#N)n2)oc1C. The monoisotopic (exact) mass is 385 g/mol.